The molecule has 0 amide bonds. The molecule has 248 valence electrons. The second-order valence-electron chi connectivity index (χ2n) is 11.5. The summed E-state index contributed by atoms with van der Waals surface area (Å²) in [6.45, 7) is 0. The van der Waals surface area contributed by atoms with Crippen LogP contribution in [0.15, 0.2) is 91.0 Å². The molecule has 3 rings (SSSR count). The minimum Gasteiger partial charge on any atom is -0.420 e. The molecule has 0 unspecified atom stereocenters. The van der Waals surface area contributed by atoms with Gasteiger partial charge in [-0.1, -0.05) is 110 Å². The molecule has 0 heterocycles. The Kier molecular flexibility index (Phi) is 15.5. The van der Waals surface area contributed by atoms with Crippen LogP contribution in [0.25, 0.3) is 0 Å². The van der Waals surface area contributed by atoms with E-state index in [-0.39, 0.29) is 0 Å². The first-order valence-electron chi connectivity index (χ1n) is 15.9. The van der Waals surface area contributed by atoms with Crippen molar-refractivity contribution in [2.24, 2.45) is 0 Å². The maximum absolute atomic E-state index is 6.64. The van der Waals surface area contributed by atoms with E-state index < -0.39 is 34.0 Å². The van der Waals surface area contributed by atoms with E-state index in [0.29, 0.717) is 0 Å². The predicted octanol–water partition coefficient (Wildman–Crippen LogP) is 5.68. The number of hydrogen-bond acceptors (Lipinski definition) is 7. The monoisotopic (exact) mass is 686 g/mol. The fraction of sp³-hybridized carbons (Fsp3) is 0.471. The summed E-state index contributed by atoms with van der Waals surface area (Å²) in [5.74, 6) is 0. The minimum absolute atomic E-state index is 0.875. The highest BCUT2D eigenvalue weighted by molar-refractivity contribution is 6.82. The number of rotatable bonds is 22. The third kappa shape index (κ3) is 9.42. The highest BCUT2D eigenvalue weighted by Gasteiger charge is 2.44. The van der Waals surface area contributed by atoms with Crippen LogP contribution in [0, 0.1) is 0 Å². The zero-order valence-corrected chi connectivity index (χ0v) is 32.4. The van der Waals surface area contributed by atoms with E-state index in [1.165, 1.54) is 0 Å². The van der Waals surface area contributed by atoms with Crippen LogP contribution in [0.1, 0.15) is 19.3 Å². The molecule has 0 atom stereocenters. The van der Waals surface area contributed by atoms with Crippen LogP contribution in [-0.2, 0) is 31.0 Å². The van der Waals surface area contributed by atoms with E-state index in [0.717, 1.165) is 71.1 Å². The Morgan fingerprint density at radius 3 is 0.778 bits per heavy atom. The molecule has 0 saturated heterocycles. The van der Waals surface area contributed by atoms with Gasteiger partial charge >= 0.3 is 25.7 Å². The Hall–Kier alpha value is -1.75. The summed E-state index contributed by atoms with van der Waals surface area (Å²) in [6.07, 6.45) is 2.94. The van der Waals surface area contributed by atoms with Gasteiger partial charge in [0.25, 0.3) is 0 Å². The van der Waals surface area contributed by atoms with Crippen molar-refractivity contribution in [1.82, 2.24) is 0 Å². The summed E-state index contributed by atoms with van der Waals surface area (Å²) in [7, 11) is 2.74. The van der Waals surface area contributed by atoms with Crippen molar-refractivity contribution in [3.05, 3.63) is 91.0 Å². The van der Waals surface area contributed by atoms with Gasteiger partial charge in [0, 0.05) is 49.8 Å². The average Bonchev–Trinajstić information content (AvgIpc) is 3.12. The SMILES string of the molecule is CO[Si](CCC[Si](OC)(OC)c1ccccc1)(CCC[Si](OC)(OC)c1ccccc1)CCC[Si](OC)(OC)c1ccccc1. The fourth-order valence-corrected chi connectivity index (χ4v) is 19.6. The van der Waals surface area contributed by atoms with E-state index in [1.54, 1.807) is 42.7 Å². The van der Waals surface area contributed by atoms with Gasteiger partial charge in [0.1, 0.15) is 0 Å². The lowest BCUT2D eigenvalue weighted by molar-refractivity contribution is 0.256. The van der Waals surface area contributed by atoms with Gasteiger partial charge in [-0.3, -0.25) is 0 Å². The molecular weight excluding hydrogens is 633 g/mol. The van der Waals surface area contributed by atoms with Crippen LogP contribution < -0.4 is 15.6 Å². The van der Waals surface area contributed by atoms with Crippen molar-refractivity contribution in [3.63, 3.8) is 0 Å². The molecule has 11 heteroatoms. The molecule has 0 radical (unpaired) electrons. The maximum atomic E-state index is 6.64. The Bertz CT molecular complexity index is 1060. The summed E-state index contributed by atoms with van der Waals surface area (Å²) in [6, 6.07) is 37.0. The van der Waals surface area contributed by atoms with E-state index in [1.807, 2.05) is 25.3 Å². The van der Waals surface area contributed by atoms with Crippen molar-refractivity contribution in [2.45, 2.75) is 55.5 Å². The van der Waals surface area contributed by atoms with Gasteiger partial charge in [-0.15, -0.1) is 0 Å². The molecule has 0 bridgehead atoms. The van der Waals surface area contributed by atoms with Gasteiger partial charge in [0.05, 0.1) is 0 Å². The largest absolute Gasteiger partial charge is 0.420 e. The van der Waals surface area contributed by atoms with Gasteiger partial charge in [-0.05, 0) is 51.8 Å². The van der Waals surface area contributed by atoms with Crippen molar-refractivity contribution in [1.29, 1.82) is 0 Å². The molecule has 0 aromatic heterocycles. The van der Waals surface area contributed by atoms with E-state index >= 15 is 0 Å². The van der Waals surface area contributed by atoms with E-state index in [9.17, 15) is 0 Å². The Labute approximate surface area is 276 Å². The topological polar surface area (TPSA) is 64.6 Å². The van der Waals surface area contributed by atoms with Crippen LogP contribution in [-0.4, -0.2) is 83.8 Å². The number of benzene rings is 3. The summed E-state index contributed by atoms with van der Waals surface area (Å²) >= 11 is 0. The quantitative estimate of drug-likeness (QED) is 0.126. The first kappa shape index (κ1) is 37.7. The van der Waals surface area contributed by atoms with Crippen molar-refractivity contribution >= 4 is 49.6 Å². The van der Waals surface area contributed by atoms with Crippen LogP contribution in [0.3, 0.4) is 0 Å². The predicted molar refractivity (Wildman–Crippen MR) is 193 cm³/mol. The highest BCUT2D eigenvalue weighted by Crippen LogP contribution is 2.33. The van der Waals surface area contributed by atoms with Crippen molar-refractivity contribution < 1.29 is 31.0 Å². The zero-order chi connectivity index (χ0) is 32.7. The molecule has 0 aliphatic rings. The van der Waals surface area contributed by atoms with E-state index in [2.05, 4.69) is 72.8 Å². The molecular formula is C34H54O7Si4. The molecule has 7 nitrogen and oxygen atoms in total. The third-order valence-corrected chi connectivity index (χ3v) is 24.8. The van der Waals surface area contributed by atoms with Gasteiger partial charge in [-0.25, -0.2) is 0 Å². The second-order valence-corrected chi connectivity index (χ2v) is 26.0. The Balaban J connectivity index is 1.82. The molecule has 3 aromatic rings. The summed E-state index contributed by atoms with van der Waals surface area (Å²) < 4.78 is 43.6. The molecule has 0 N–H and O–H groups in total. The van der Waals surface area contributed by atoms with Crippen molar-refractivity contribution in [2.75, 3.05) is 49.8 Å². The standard InChI is InChI=1S/C34H54O7Si4/c1-35-42(26-17-29-43(36-2,37-3)32-20-11-8-12-21-32,27-18-30-44(38-4,39-5)33-22-13-9-14-23-33)28-19-31-45(40-6,41-7)34-24-15-10-16-25-34/h8-16,20-25H,17-19,26-31H2,1-7H3. The lowest BCUT2D eigenvalue weighted by Crippen LogP contribution is -2.53. The average molecular weight is 687 g/mol. The first-order valence-corrected chi connectivity index (χ1v) is 24.5. The molecule has 0 spiro atoms. The van der Waals surface area contributed by atoms with Gasteiger partial charge in [-0.2, -0.15) is 0 Å². The zero-order valence-electron chi connectivity index (χ0n) is 28.4. The number of hydrogen-bond donors (Lipinski definition) is 0. The molecule has 3 aromatic carbocycles. The highest BCUT2D eigenvalue weighted by atomic mass is 28.4. The molecule has 45 heavy (non-hydrogen) atoms. The smallest absolute Gasteiger partial charge is 0.371 e. The normalized spacial score (nSPS) is 12.9. The molecule has 0 aliphatic heterocycles. The molecule has 0 fully saturated rings. The minimum atomic E-state index is -2.57. The third-order valence-electron chi connectivity index (χ3n) is 9.47. The molecule has 0 aliphatic carbocycles. The van der Waals surface area contributed by atoms with Gasteiger partial charge in [0.2, 0.25) is 0 Å². The summed E-state index contributed by atoms with van der Waals surface area (Å²) in [5, 5.41) is 3.49. The lowest BCUT2D eigenvalue weighted by atomic mass is 10.4. The van der Waals surface area contributed by atoms with Gasteiger partial charge in [0.15, 0.2) is 8.32 Å². The lowest BCUT2D eigenvalue weighted by Gasteiger charge is -2.35. The Morgan fingerprint density at radius 1 is 0.333 bits per heavy atom. The van der Waals surface area contributed by atoms with Gasteiger partial charge < -0.3 is 31.0 Å². The Morgan fingerprint density at radius 2 is 0.578 bits per heavy atom. The summed E-state index contributed by atoms with van der Waals surface area (Å²) in [5.41, 5.74) is 0. The first-order chi connectivity index (χ1) is 21.9. The fourth-order valence-electron chi connectivity index (χ4n) is 6.69. The van der Waals surface area contributed by atoms with Crippen LogP contribution in [0.4, 0.5) is 0 Å². The second kappa shape index (κ2) is 18.6. The van der Waals surface area contributed by atoms with Crippen molar-refractivity contribution in [3.8, 4) is 0 Å². The molecule has 0 saturated carbocycles. The van der Waals surface area contributed by atoms with E-state index in [4.69, 9.17) is 31.0 Å². The maximum Gasteiger partial charge on any atom is 0.371 e. The van der Waals surface area contributed by atoms with Crippen LogP contribution in [0.5, 0.6) is 0 Å². The summed E-state index contributed by atoms with van der Waals surface area (Å²) in [4.78, 5) is 0. The van der Waals surface area contributed by atoms with Crippen LogP contribution in [0.2, 0.25) is 36.3 Å². The van der Waals surface area contributed by atoms with Crippen LogP contribution >= 0.6 is 0 Å².